The highest BCUT2D eigenvalue weighted by Crippen LogP contribution is 2.31. The van der Waals surface area contributed by atoms with Crippen molar-refractivity contribution in [3.05, 3.63) is 52.6 Å². The van der Waals surface area contributed by atoms with Crippen molar-refractivity contribution >= 4 is 17.4 Å². The van der Waals surface area contributed by atoms with E-state index >= 15 is 0 Å². The number of benzene rings is 1. The second kappa shape index (κ2) is 6.63. The van der Waals surface area contributed by atoms with E-state index in [0.29, 0.717) is 12.5 Å². The third-order valence-corrected chi connectivity index (χ3v) is 3.19. The summed E-state index contributed by atoms with van der Waals surface area (Å²) in [4.78, 5) is 18.4. The van der Waals surface area contributed by atoms with Crippen molar-refractivity contribution < 1.29 is 4.74 Å². The Balaban J connectivity index is 2.31. The highest BCUT2D eigenvalue weighted by Gasteiger charge is 2.25. The van der Waals surface area contributed by atoms with E-state index in [0.717, 1.165) is 11.3 Å². The van der Waals surface area contributed by atoms with Gasteiger partial charge in [-0.1, -0.05) is 18.2 Å². The average Bonchev–Trinajstić information content (AvgIpc) is 2.47. The Bertz CT molecular complexity index is 655. The van der Waals surface area contributed by atoms with E-state index in [9.17, 15) is 4.79 Å². The molecule has 0 spiro atoms. The predicted octanol–water partition coefficient (Wildman–Crippen LogP) is 2.73. The Morgan fingerprint density at radius 3 is 2.86 bits per heavy atom. The van der Waals surface area contributed by atoms with E-state index < -0.39 is 5.54 Å². The van der Waals surface area contributed by atoms with Gasteiger partial charge in [0, 0.05) is 18.0 Å². The van der Waals surface area contributed by atoms with Crippen LogP contribution < -0.4 is 15.6 Å². The number of aromatic nitrogens is 2. The molecule has 2 rings (SSSR count). The molecule has 0 bridgehead atoms. The van der Waals surface area contributed by atoms with E-state index in [4.69, 9.17) is 16.3 Å². The zero-order valence-electron chi connectivity index (χ0n) is 12.0. The minimum Gasteiger partial charge on any atom is -0.492 e. The fourth-order valence-corrected chi connectivity index (χ4v) is 2.14. The molecule has 0 atom stereocenters. The van der Waals surface area contributed by atoms with E-state index in [1.54, 1.807) is 0 Å². The van der Waals surface area contributed by atoms with Gasteiger partial charge in [0.05, 0.1) is 11.4 Å². The minimum atomic E-state index is -0.524. The summed E-state index contributed by atoms with van der Waals surface area (Å²) in [6.45, 7) is 4.35. The third kappa shape index (κ3) is 3.76. The molecule has 2 N–H and O–H groups in total. The number of H-pyrrole nitrogens is 1. The fourth-order valence-electron chi connectivity index (χ4n) is 2.06. The van der Waals surface area contributed by atoms with Crippen LogP contribution in [0.25, 0.3) is 0 Å². The lowest BCUT2D eigenvalue weighted by molar-refractivity contribution is 0.333. The Morgan fingerprint density at radius 2 is 2.14 bits per heavy atom. The van der Waals surface area contributed by atoms with Gasteiger partial charge in [0.1, 0.15) is 12.4 Å². The molecule has 1 aromatic carbocycles. The van der Waals surface area contributed by atoms with Crippen LogP contribution in [0.15, 0.2) is 41.5 Å². The topological polar surface area (TPSA) is 67.0 Å². The fraction of sp³-hybridized carbons (Fsp3) is 0.333. The number of alkyl halides is 1. The molecule has 0 saturated heterocycles. The highest BCUT2D eigenvalue weighted by molar-refractivity contribution is 6.18. The quantitative estimate of drug-likeness (QED) is 0.805. The third-order valence-electron chi connectivity index (χ3n) is 3.03. The minimum absolute atomic E-state index is 0.260. The molecule has 2 aromatic rings. The van der Waals surface area contributed by atoms with Crippen molar-refractivity contribution in [1.82, 2.24) is 9.97 Å². The van der Waals surface area contributed by atoms with Crippen LogP contribution in [0.3, 0.4) is 0 Å². The number of anilines is 1. The first-order chi connectivity index (χ1) is 10.0. The number of halogens is 1. The number of hydrogen-bond acceptors (Lipinski definition) is 4. The van der Waals surface area contributed by atoms with E-state index in [-0.39, 0.29) is 11.4 Å². The normalized spacial score (nSPS) is 11.2. The Hall–Kier alpha value is -2.01. The van der Waals surface area contributed by atoms with Crippen molar-refractivity contribution in [3.8, 4) is 5.75 Å². The van der Waals surface area contributed by atoms with Gasteiger partial charge >= 0.3 is 0 Å². The molecule has 112 valence electrons. The molecule has 6 heteroatoms. The first-order valence-corrected chi connectivity index (χ1v) is 7.18. The maximum Gasteiger partial charge on any atom is 0.290 e. The van der Waals surface area contributed by atoms with Gasteiger partial charge < -0.3 is 15.0 Å². The molecule has 0 aliphatic rings. The van der Waals surface area contributed by atoms with Gasteiger partial charge in [-0.25, -0.2) is 4.98 Å². The molecule has 5 nitrogen and oxygen atoms in total. The predicted molar refractivity (Wildman–Crippen MR) is 84.2 cm³/mol. The molecule has 1 heterocycles. The summed E-state index contributed by atoms with van der Waals surface area (Å²) >= 11 is 5.67. The molecule has 0 aliphatic carbocycles. The molecular formula is C15H18ClN3O2. The number of nitrogens with one attached hydrogen (secondary N) is 2. The van der Waals surface area contributed by atoms with Gasteiger partial charge in [0.2, 0.25) is 0 Å². The first kappa shape index (κ1) is 15.4. The van der Waals surface area contributed by atoms with E-state index in [2.05, 4.69) is 15.3 Å². The summed E-state index contributed by atoms with van der Waals surface area (Å²) < 4.78 is 5.66. The molecule has 0 saturated carbocycles. The number of para-hydroxylation sites is 1. The van der Waals surface area contributed by atoms with Crippen LogP contribution in [0.4, 0.5) is 5.82 Å². The van der Waals surface area contributed by atoms with Gasteiger partial charge in [0.15, 0.2) is 5.82 Å². The summed E-state index contributed by atoms with van der Waals surface area (Å²) in [5.41, 5.74) is 0.148. The summed E-state index contributed by atoms with van der Waals surface area (Å²) in [7, 11) is 0. The van der Waals surface area contributed by atoms with E-state index in [1.165, 1.54) is 12.4 Å². The standard InChI is InChI=1S/C15H18ClN3O2/c1-15(2,19-13-14(20)18-9-8-17-13)11-5-3-4-6-12(11)21-10-7-16/h3-6,8-9H,7,10H2,1-2H3,(H,17,19)(H,18,20). The van der Waals surface area contributed by atoms with Crippen molar-refractivity contribution in [1.29, 1.82) is 0 Å². The van der Waals surface area contributed by atoms with Gasteiger partial charge in [-0.15, -0.1) is 11.6 Å². The summed E-state index contributed by atoms with van der Waals surface area (Å²) in [5, 5.41) is 3.15. The molecule has 1 aromatic heterocycles. The zero-order valence-corrected chi connectivity index (χ0v) is 12.8. The number of aromatic amines is 1. The van der Waals surface area contributed by atoms with Crippen molar-refractivity contribution in [2.45, 2.75) is 19.4 Å². The molecule has 0 fully saturated rings. The van der Waals surface area contributed by atoms with Crippen molar-refractivity contribution in [3.63, 3.8) is 0 Å². The molecule has 0 radical (unpaired) electrons. The lowest BCUT2D eigenvalue weighted by atomic mass is 9.93. The largest absolute Gasteiger partial charge is 0.492 e. The smallest absolute Gasteiger partial charge is 0.290 e. The number of ether oxygens (including phenoxy) is 1. The van der Waals surface area contributed by atoms with Gasteiger partial charge in [-0.2, -0.15) is 0 Å². The Labute approximate surface area is 128 Å². The molecule has 0 unspecified atom stereocenters. The van der Waals surface area contributed by atoms with Crippen molar-refractivity contribution in [2.24, 2.45) is 0 Å². The lowest BCUT2D eigenvalue weighted by Crippen LogP contribution is -2.32. The molecule has 0 amide bonds. The van der Waals surface area contributed by atoms with Crippen LogP contribution in [0.1, 0.15) is 19.4 Å². The van der Waals surface area contributed by atoms with Crippen LogP contribution in [-0.4, -0.2) is 22.5 Å². The second-order valence-corrected chi connectivity index (χ2v) is 5.43. The summed E-state index contributed by atoms with van der Waals surface area (Å²) in [5.74, 6) is 1.43. The van der Waals surface area contributed by atoms with Crippen LogP contribution in [0.5, 0.6) is 5.75 Å². The van der Waals surface area contributed by atoms with Gasteiger partial charge in [-0.05, 0) is 19.9 Å². The molecular weight excluding hydrogens is 290 g/mol. The van der Waals surface area contributed by atoms with Crippen LogP contribution in [0.2, 0.25) is 0 Å². The summed E-state index contributed by atoms with van der Waals surface area (Å²) in [6, 6.07) is 7.66. The summed E-state index contributed by atoms with van der Waals surface area (Å²) in [6.07, 6.45) is 3.04. The van der Waals surface area contributed by atoms with Crippen molar-refractivity contribution in [2.75, 3.05) is 17.8 Å². The number of nitrogens with zero attached hydrogens (tertiary/aromatic N) is 1. The van der Waals surface area contributed by atoms with Crippen LogP contribution >= 0.6 is 11.6 Å². The van der Waals surface area contributed by atoms with Crippen LogP contribution in [-0.2, 0) is 5.54 Å². The monoisotopic (exact) mass is 307 g/mol. The van der Waals surface area contributed by atoms with Gasteiger partial charge in [-0.3, -0.25) is 4.79 Å². The molecule has 21 heavy (non-hydrogen) atoms. The Morgan fingerprint density at radius 1 is 1.38 bits per heavy atom. The van der Waals surface area contributed by atoms with Gasteiger partial charge in [0.25, 0.3) is 5.56 Å². The number of rotatable bonds is 6. The first-order valence-electron chi connectivity index (χ1n) is 6.65. The SMILES string of the molecule is CC(C)(Nc1ncc[nH]c1=O)c1ccccc1OCCCl. The lowest BCUT2D eigenvalue weighted by Gasteiger charge is -2.28. The average molecular weight is 308 g/mol. The Kier molecular flexibility index (Phi) is 4.85. The van der Waals surface area contributed by atoms with E-state index in [1.807, 2.05) is 38.1 Å². The highest BCUT2D eigenvalue weighted by atomic mass is 35.5. The van der Waals surface area contributed by atoms with Crippen LogP contribution in [0, 0.1) is 0 Å². The maximum atomic E-state index is 11.8. The second-order valence-electron chi connectivity index (χ2n) is 5.05. The zero-order chi connectivity index (χ0) is 15.3. The molecule has 0 aliphatic heterocycles. The maximum absolute atomic E-state index is 11.8. The number of hydrogen-bond donors (Lipinski definition) is 2.